The number of pyridine rings is 1. The number of aromatic amines is 1. The smallest absolute Gasteiger partial charge is 0.260 e. The van der Waals surface area contributed by atoms with E-state index < -0.39 is 0 Å². The maximum absolute atomic E-state index is 13.2. The van der Waals surface area contributed by atoms with E-state index in [-0.39, 0.29) is 11.5 Å². The minimum atomic E-state index is -0.258. The van der Waals surface area contributed by atoms with Gasteiger partial charge >= 0.3 is 0 Å². The molecule has 5 rings (SSSR count). The number of nitrogens with one attached hydrogen (secondary N) is 1. The number of likely N-dealkylation sites (tertiary alicyclic amines) is 1. The molecule has 1 amide bonds. The number of carbonyl (C=O) groups excluding carboxylic acids is 1. The predicted octanol–water partition coefficient (Wildman–Crippen LogP) is 3.66. The third-order valence-electron chi connectivity index (χ3n) is 8.26. The van der Waals surface area contributed by atoms with E-state index in [4.69, 9.17) is 0 Å². The van der Waals surface area contributed by atoms with Crippen LogP contribution in [0.4, 0.5) is 0 Å². The number of hydrogen-bond acceptors (Lipinski definition) is 3. The number of aromatic nitrogens is 1. The Kier molecular flexibility index (Phi) is 5.51. The summed E-state index contributed by atoms with van der Waals surface area (Å²) in [5.74, 6) is 1.94. The number of hydrogen-bond donors (Lipinski definition) is 1. The Labute approximate surface area is 173 Å². The molecule has 1 aromatic rings. The van der Waals surface area contributed by atoms with Gasteiger partial charge < -0.3 is 9.88 Å². The van der Waals surface area contributed by atoms with E-state index in [1.807, 2.05) is 4.90 Å². The van der Waals surface area contributed by atoms with Gasteiger partial charge in [0, 0.05) is 31.4 Å². The van der Waals surface area contributed by atoms with E-state index in [2.05, 4.69) is 9.88 Å². The molecule has 1 aliphatic carbocycles. The summed E-state index contributed by atoms with van der Waals surface area (Å²) in [6.45, 7) is 2.90. The minimum absolute atomic E-state index is 0.0674. The van der Waals surface area contributed by atoms with Crippen molar-refractivity contribution in [2.45, 2.75) is 76.3 Å². The maximum Gasteiger partial charge on any atom is 0.260 e. The van der Waals surface area contributed by atoms with Crippen molar-refractivity contribution in [3.05, 3.63) is 34.2 Å². The highest BCUT2D eigenvalue weighted by atomic mass is 16.2. The van der Waals surface area contributed by atoms with Gasteiger partial charge in [-0.05, 0) is 62.1 Å². The molecule has 1 saturated carbocycles. The molecule has 1 N–H and O–H groups in total. The molecule has 4 atom stereocenters. The second-order valence-electron chi connectivity index (χ2n) is 9.99. The van der Waals surface area contributed by atoms with Crippen molar-refractivity contribution in [1.29, 1.82) is 0 Å². The van der Waals surface area contributed by atoms with E-state index >= 15 is 0 Å². The van der Waals surface area contributed by atoms with Gasteiger partial charge in [0.05, 0.1) is 0 Å². The number of fused-ring (bicyclic) bond motifs is 4. The second-order valence-corrected chi connectivity index (χ2v) is 9.99. The van der Waals surface area contributed by atoms with Gasteiger partial charge in [-0.3, -0.25) is 14.5 Å². The second kappa shape index (κ2) is 8.25. The Morgan fingerprint density at radius 1 is 1.03 bits per heavy atom. The quantitative estimate of drug-likeness (QED) is 0.847. The van der Waals surface area contributed by atoms with Crippen molar-refractivity contribution in [2.75, 3.05) is 19.6 Å². The number of carbonyl (C=O) groups is 1. The zero-order valence-electron chi connectivity index (χ0n) is 17.5. The van der Waals surface area contributed by atoms with E-state index in [0.29, 0.717) is 29.5 Å². The molecule has 5 nitrogen and oxygen atoms in total. The van der Waals surface area contributed by atoms with Gasteiger partial charge in [0.2, 0.25) is 0 Å². The molecule has 3 aliphatic heterocycles. The van der Waals surface area contributed by atoms with Gasteiger partial charge in [0.25, 0.3) is 11.5 Å². The fourth-order valence-corrected chi connectivity index (χ4v) is 6.92. The molecule has 0 radical (unpaired) electrons. The fourth-order valence-electron chi connectivity index (χ4n) is 6.92. The third-order valence-corrected chi connectivity index (χ3v) is 8.26. The van der Waals surface area contributed by atoms with Gasteiger partial charge in [-0.2, -0.15) is 0 Å². The summed E-state index contributed by atoms with van der Waals surface area (Å²) in [5.41, 5.74) is 0.0445. The highest BCUT2D eigenvalue weighted by molar-refractivity contribution is 5.93. The molecule has 5 heteroatoms. The molecule has 0 unspecified atom stereocenters. The first-order valence-electron chi connectivity index (χ1n) is 11.9. The van der Waals surface area contributed by atoms with Crippen molar-refractivity contribution in [1.82, 2.24) is 14.8 Å². The van der Waals surface area contributed by atoms with E-state index in [1.165, 1.54) is 70.8 Å². The lowest BCUT2D eigenvalue weighted by Gasteiger charge is -2.57. The van der Waals surface area contributed by atoms with Crippen molar-refractivity contribution in [2.24, 2.45) is 17.8 Å². The van der Waals surface area contributed by atoms with Crippen LogP contribution in [0.5, 0.6) is 0 Å². The minimum Gasteiger partial charge on any atom is -0.338 e. The molecule has 4 fully saturated rings. The Morgan fingerprint density at radius 3 is 2.66 bits per heavy atom. The molecular weight excluding hydrogens is 362 g/mol. The Balaban J connectivity index is 1.38. The topological polar surface area (TPSA) is 56.4 Å². The van der Waals surface area contributed by atoms with Crippen LogP contribution in [0.2, 0.25) is 0 Å². The molecule has 2 bridgehead atoms. The predicted molar refractivity (Wildman–Crippen MR) is 114 cm³/mol. The van der Waals surface area contributed by atoms with Crippen molar-refractivity contribution >= 4 is 5.91 Å². The van der Waals surface area contributed by atoms with Crippen LogP contribution in [0.25, 0.3) is 0 Å². The van der Waals surface area contributed by atoms with Crippen molar-refractivity contribution in [3.63, 3.8) is 0 Å². The molecular formula is C24H35N3O2. The van der Waals surface area contributed by atoms with Crippen LogP contribution in [-0.2, 0) is 0 Å². The summed E-state index contributed by atoms with van der Waals surface area (Å²) in [6.07, 6.45) is 15.1. The lowest BCUT2D eigenvalue weighted by molar-refractivity contribution is -0.0725. The summed E-state index contributed by atoms with van der Waals surface area (Å²) < 4.78 is 0. The van der Waals surface area contributed by atoms with Gasteiger partial charge in [0.1, 0.15) is 5.56 Å². The molecule has 3 saturated heterocycles. The first kappa shape index (κ1) is 19.3. The average molecular weight is 398 g/mol. The summed E-state index contributed by atoms with van der Waals surface area (Å²) in [5, 5.41) is 0. The zero-order chi connectivity index (χ0) is 19.8. The van der Waals surface area contributed by atoms with Crippen molar-refractivity contribution in [3.8, 4) is 0 Å². The van der Waals surface area contributed by atoms with Crippen LogP contribution in [0.3, 0.4) is 0 Å². The summed E-state index contributed by atoms with van der Waals surface area (Å²) in [6, 6.07) is 4.70. The molecule has 158 valence electrons. The van der Waals surface area contributed by atoms with Gasteiger partial charge in [-0.1, -0.05) is 38.5 Å². The monoisotopic (exact) mass is 397 g/mol. The lowest BCUT2D eigenvalue weighted by atomic mass is 9.69. The molecule has 0 spiro atoms. The van der Waals surface area contributed by atoms with E-state index in [1.54, 1.807) is 18.3 Å². The number of rotatable bonds is 3. The van der Waals surface area contributed by atoms with Crippen LogP contribution < -0.4 is 5.56 Å². The highest BCUT2D eigenvalue weighted by Gasteiger charge is 2.48. The summed E-state index contributed by atoms with van der Waals surface area (Å²) >= 11 is 0. The largest absolute Gasteiger partial charge is 0.338 e. The van der Waals surface area contributed by atoms with Crippen LogP contribution >= 0.6 is 0 Å². The molecule has 4 heterocycles. The van der Waals surface area contributed by atoms with Gasteiger partial charge in [-0.25, -0.2) is 0 Å². The van der Waals surface area contributed by atoms with Crippen molar-refractivity contribution < 1.29 is 4.79 Å². The first-order valence-corrected chi connectivity index (χ1v) is 11.9. The average Bonchev–Trinajstić information content (AvgIpc) is 2.77. The molecule has 4 aliphatic rings. The highest BCUT2D eigenvalue weighted by Crippen LogP contribution is 2.44. The van der Waals surface area contributed by atoms with E-state index in [9.17, 15) is 9.59 Å². The molecule has 0 aromatic carbocycles. The molecule has 1 aromatic heterocycles. The fraction of sp³-hybridized carbons (Fsp3) is 0.750. The number of nitrogens with zero attached hydrogens (tertiary/aromatic N) is 2. The zero-order valence-corrected chi connectivity index (χ0v) is 17.5. The standard InChI is InChI=1S/C24H35N3O2/c28-23-20(9-6-11-25-23)24(29)26-15-18-14-19(16-26)22(13-17-7-2-1-3-8-17)27-12-5-4-10-21(18)27/h6,9,11,17-19,21-22H,1-5,7-8,10,12-16H2,(H,25,28)/t18-,19+,21+,22+/m1/s1. The van der Waals surface area contributed by atoms with Crippen LogP contribution in [-0.4, -0.2) is 52.4 Å². The lowest BCUT2D eigenvalue weighted by Crippen LogP contribution is -2.64. The summed E-state index contributed by atoms with van der Waals surface area (Å²) in [7, 11) is 0. The van der Waals surface area contributed by atoms with Gasteiger partial charge in [0.15, 0.2) is 0 Å². The maximum atomic E-state index is 13.2. The van der Waals surface area contributed by atoms with E-state index in [0.717, 1.165) is 19.0 Å². The first-order chi connectivity index (χ1) is 14.2. The third kappa shape index (κ3) is 3.78. The van der Waals surface area contributed by atoms with Crippen LogP contribution in [0, 0.1) is 17.8 Å². The van der Waals surface area contributed by atoms with Crippen LogP contribution in [0.1, 0.15) is 74.6 Å². The normalized spacial score (nSPS) is 33.3. The SMILES string of the molecule is O=C(c1ccc[nH]c1=O)N1C[C@H]2C[C@@H](C1)[C@H](CC1CCCCC1)N1CCCC[C@@H]21. The summed E-state index contributed by atoms with van der Waals surface area (Å²) in [4.78, 5) is 32.9. The Hall–Kier alpha value is -1.62. The Bertz CT molecular complexity index is 784. The molecule has 29 heavy (non-hydrogen) atoms. The van der Waals surface area contributed by atoms with Gasteiger partial charge in [-0.15, -0.1) is 0 Å². The Morgan fingerprint density at radius 2 is 1.83 bits per heavy atom. The van der Waals surface area contributed by atoms with Crippen LogP contribution in [0.15, 0.2) is 23.1 Å². The number of amides is 1. The number of H-pyrrole nitrogens is 1. The number of piperidine rings is 3.